The number of para-hydroxylation sites is 1. The smallest absolute Gasteiger partial charge is 0.113 e. The van der Waals surface area contributed by atoms with Crippen LogP contribution in [-0.4, -0.2) is 33.0 Å². The van der Waals surface area contributed by atoms with Crippen molar-refractivity contribution >= 4 is 16.6 Å². The standard InChI is InChI=1S/C18H18N4/c1-2-6-15(7-3-1)16-10-12-21(13-11-16)14-22-18-9-5-4-8-17(18)19-20-22/h1-10H,11-14H2. The molecule has 0 fully saturated rings. The second-order valence-corrected chi connectivity index (χ2v) is 5.64. The summed E-state index contributed by atoms with van der Waals surface area (Å²) in [6.07, 6.45) is 3.41. The minimum atomic E-state index is 0.791. The molecule has 4 rings (SSSR count). The quantitative estimate of drug-likeness (QED) is 0.743. The van der Waals surface area contributed by atoms with Crippen molar-refractivity contribution in [3.63, 3.8) is 0 Å². The van der Waals surface area contributed by atoms with Crippen LogP contribution in [0.1, 0.15) is 12.0 Å². The zero-order valence-electron chi connectivity index (χ0n) is 12.4. The Morgan fingerprint density at radius 1 is 0.955 bits per heavy atom. The summed E-state index contributed by atoms with van der Waals surface area (Å²) >= 11 is 0. The van der Waals surface area contributed by atoms with Crippen molar-refractivity contribution in [3.05, 3.63) is 66.2 Å². The van der Waals surface area contributed by atoms with Gasteiger partial charge in [-0.05, 0) is 29.7 Å². The van der Waals surface area contributed by atoms with Gasteiger partial charge in [-0.1, -0.05) is 53.8 Å². The van der Waals surface area contributed by atoms with E-state index in [1.165, 1.54) is 11.1 Å². The lowest BCUT2D eigenvalue weighted by molar-refractivity contribution is 0.230. The first-order valence-corrected chi connectivity index (χ1v) is 7.65. The molecule has 4 heteroatoms. The zero-order valence-corrected chi connectivity index (χ0v) is 12.4. The topological polar surface area (TPSA) is 34.0 Å². The van der Waals surface area contributed by atoms with Gasteiger partial charge in [0.2, 0.25) is 0 Å². The highest BCUT2D eigenvalue weighted by atomic mass is 15.5. The molecule has 0 spiro atoms. The second kappa shape index (κ2) is 5.73. The Hall–Kier alpha value is -2.46. The predicted octanol–water partition coefficient (Wildman–Crippen LogP) is 3.18. The fourth-order valence-electron chi connectivity index (χ4n) is 2.97. The highest BCUT2D eigenvalue weighted by Gasteiger charge is 2.14. The number of hydrogen-bond donors (Lipinski definition) is 0. The summed E-state index contributed by atoms with van der Waals surface area (Å²) in [6, 6.07) is 18.7. The number of hydrogen-bond acceptors (Lipinski definition) is 3. The summed E-state index contributed by atoms with van der Waals surface area (Å²) in [5, 5.41) is 8.49. The van der Waals surface area contributed by atoms with Crippen molar-refractivity contribution in [2.75, 3.05) is 13.1 Å². The Kier molecular flexibility index (Phi) is 3.45. The van der Waals surface area contributed by atoms with E-state index in [0.29, 0.717) is 0 Å². The van der Waals surface area contributed by atoms with Crippen LogP contribution < -0.4 is 0 Å². The molecule has 0 bridgehead atoms. The average molecular weight is 290 g/mol. The van der Waals surface area contributed by atoms with E-state index in [-0.39, 0.29) is 0 Å². The SMILES string of the molecule is C1=C(c2ccccc2)CCN(Cn2nnc3ccccc32)C1. The molecule has 0 aliphatic carbocycles. The molecule has 22 heavy (non-hydrogen) atoms. The summed E-state index contributed by atoms with van der Waals surface area (Å²) in [5.74, 6) is 0. The molecule has 1 aliphatic heterocycles. The normalized spacial score (nSPS) is 15.9. The molecule has 0 saturated carbocycles. The van der Waals surface area contributed by atoms with Crippen molar-refractivity contribution in [2.24, 2.45) is 0 Å². The lowest BCUT2D eigenvalue weighted by atomic mass is 10.00. The fraction of sp³-hybridized carbons (Fsp3) is 0.222. The number of nitrogens with zero attached hydrogens (tertiary/aromatic N) is 4. The third-order valence-corrected chi connectivity index (χ3v) is 4.19. The fourth-order valence-corrected chi connectivity index (χ4v) is 2.97. The number of rotatable bonds is 3. The van der Waals surface area contributed by atoms with Gasteiger partial charge in [-0.3, -0.25) is 4.90 Å². The Labute approximate surface area is 129 Å². The first-order chi connectivity index (χ1) is 10.9. The Morgan fingerprint density at radius 3 is 2.59 bits per heavy atom. The summed E-state index contributed by atoms with van der Waals surface area (Å²) in [4.78, 5) is 2.40. The van der Waals surface area contributed by atoms with Crippen LogP contribution in [0, 0.1) is 0 Å². The van der Waals surface area contributed by atoms with Crippen LogP contribution in [0.2, 0.25) is 0 Å². The maximum Gasteiger partial charge on any atom is 0.113 e. The zero-order chi connectivity index (χ0) is 14.8. The third-order valence-electron chi connectivity index (χ3n) is 4.19. The molecule has 0 unspecified atom stereocenters. The lowest BCUT2D eigenvalue weighted by Crippen LogP contribution is -2.31. The molecule has 0 N–H and O–H groups in total. The van der Waals surface area contributed by atoms with E-state index < -0.39 is 0 Å². The summed E-state index contributed by atoms with van der Waals surface area (Å²) < 4.78 is 1.98. The van der Waals surface area contributed by atoms with Gasteiger partial charge in [0, 0.05) is 13.1 Å². The van der Waals surface area contributed by atoms with Crippen LogP contribution in [-0.2, 0) is 6.67 Å². The molecule has 1 aliphatic rings. The molecule has 1 aromatic heterocycles. The van der Waals surface area contributed by atoms with E-state index in [9.17, 15) is 0 Å². The molecule has 0 atom stereocenters. The van der Waals surface area contributed by atoms with E-state index in [1.807, 2.05) is 22.9 Å². The first kappa shape index (κ1) is 13.2. The molecule has 0 amide bonds. The van der Waals surface area contributed by atoms with E-state index in [4.69, 9.17) is 0 Å². The van der Waals surface area contributed by atoms with E-state index in [0.717, 1.165) is 37.2 Å². The van der Waals surface area contributed by atoms with Gasteiger partial charge in [-0.2, -0.15) is 0 Å². The van der Waals surface area contributed by atoms with Gasteiger partial charge in [0.15, 0.2) is 0 Å². The summed E-state index contributed by atoms with van der Waals surface area (Å²) in [7, 11) is 0. The van der Waals surface area contributed by atoms with Crippen LogP contribution in [0.3, 0.4) is 0 Å². The van der Waals surface area contributed by atoms with Crippen LogP contribution >= 0.6 is 0 Å². The number of aromatic nitrogens is 3. The van der Waals surface area contributed by atoms with Gasteiger partial charge in [-0.25, -0.2) is 4.68 Å². The van der Waals surface area contributed by atoms with Crippen molar-refractivity contribution in [3.8, 4) is 0 Å². The minimum absolute atomic E-state index is 0.791. The van der Waals surface area contributed by atoms with Crippen molar-refractivity contribution < 1.29 is 0 Å². The molecule has 0 radical (unpaired) electrons. The van der Waals surface area contributed by atoms with Crippen LogP contribution in [0.15, 0.2) is 60.7 Å². The van der Waals surface area contributed by atoms with Gasteiger partial charge in [0.25, 0.3) is 0 Å². The van der Waals surface area contributed by atoms with Crippen LogP contribution in [0.4, 0.5) is 0 Å². The number of benzene rings is 2. The highest BCUT2D eigenvalue weighted by Crippen LogP contribution is 2.22. The predicted molar refractivity (Wildman–Crippen MR) is 88.1 cm³/mol. The summed E-state index contributed by atoms with van der Waals surface area (Å²) in [5.41, 5.74) is 4.84. The molecule has 2 heterocycles. The second-order valence-electron chi connectivity index (χ2n) is 5.64. The van der Waals surface area contributed by atoms with Gasteiger partial charge in [0.1, 0.15) is 5.52 Å². The highest BCUT2D eigenvalue weighted by molar-refractivity contribution is 5.73. The lowest BCUT2D eigenvalue weighted by Gasteiger charge is -2.26. The van der Waals surface area contributed by atoms with E-state index >= 15 is 0 Å². The molecular formula is C18H18N4. The molecular weight excluding hydrogens is 272 g/mol. The van der Waals surface area contributed by atoms with Crippen molar-refractivity contribution in [1.29, 1.82) is 0 Å². The molecule has 110 valence electrons. The molecule has 2 aromatic carbocycles. The van der Waals surface area contributed by atoms with E-state index in [1.54, 1.807) is 0 Å². The third kappa shape index (κ3) is 2.53. The van der Waals surface area contributed by atoms with Gasteiger partial charge in [0.05, 0.1) is 12.2 Å². The molecule has 3 aromatic rings. The maximum absolute atomic E-state index is 4.27. The van der Waals surface area contributed by atoms with Crippen LogP contribution in [0.5, 0.6) is 0 Å². The largest absolute Gasteiger partial charge is 0.280 e. The maximum atomic E-state index is 4.27. The minimum Gasteiger partial charge on any atom is -0.280 e. The van der Waals surface area contributed by atoms with Crippen molar-refractivity contribution in [2.45, 2.75) is 13.1 Å². The Balaban J connectivity index is 1.49. The Bertz CT molecular complexity index is 804. The molecule has 0 saturated heterocycles. The Morgan fingerprint density at radius 2 is 1.77 bits per heavy atom. The first-order valence-electron chi connectivity index (χ1n) is 7.65. The molecule has 4 nitrogen and oxygen atoms in total. The van der Waals surface area contributed by atoms with Crippen LogP contribution in [0.25, 0.3) is 16.6 Å². The summed E-state index contributed by atoms with van der Waals surface area (Å²) in [6.45, 7) is 2.80. The van der Waals surface area contributed by atoms with Gasteiger partial charge >= 0.3 is 0 Å². The average Bonchev–Trinajstić information content (AvgIpc) is 3.00. The van der Waals surface area contributed by atoms with E-state index in [2.05, 4.69) is 57.7 Å². The monoisotopic (exact) mass is 290 g/mol. The number of fused-ring (bicyclic) bond motifs is 1. The van der Waals surface area contributed by atoms with Gasteiger partial charge < -0.3 is 0 Å². The van der Waals surface area contributed by atoms with Crippen molar-refractivity contribution in [1.82, 2.24) is 19.9 Å². The van der Waals surface area contributed by atoms with Gasteiger partial charge in [-0.15, -0.1) is 5.10 Å².